The van der Waals surface area contributed by atoms with E-state index in [-0.39, 0.29) is 23.6 Å². The molecule has 2 aromatic rings. The van der Waals surface area contributed by atoms with Gasteiger partial charge in [-0.2, -0.15) is 0 Å². The van der Waals surface area contributed by atoms with E-state index in [2.05, 4.69) is 18.2 Å². The predicted octanol–water partition coefficient (Wildman–Crippen LogP) is 2.03. The number of carboxylic acids is 1. The second-order valence-corrected chi connectivity index (χ2v) is 9.32. The van der Waals surface area contributed by atoms with Crippen LogP contribution in [0.5, 0.6) is 5.75 Å². The molecule has 164 valence electrons. The van der Waals surface area contributed by atoms with Crippen LogP contribution < -0.4 is 9.84 Å². The van der Waals surface area contributed by atoms with E-state index in [0.717, 1.165) is 36.1 Å². The topological polar surface area (TPSA) is 89.9 Å². The molecule has 2 aliphatic carbocycles. The average molecular weight is 430 g/mol. The number of hydrogen-bond donors (Lipinski definition) is 1. The normalized spacial score (nSPS) is 28.4. The number of aliphatic hydroxyl groups is 1. The van der Waals surface area contributed by atoms with Crippen molar-refractivity contribution >= 4 is 11.9 Å². The summed E-state index contributed by atoms with van der Waals surface area (Å²) in [4.78, 5) is 26.2. The molecule has 1 N–H and O–H groups in total. The van der Waals surface area contributed by atoms with Crippen LogP contribution in [0, 0.1) is 11.8 Å². The third-order valence-corrected chi connectivity index (χ3v) is 7.61. The van der Waals surface area contributed by atoms with Crippen molar-refractivity contribution in [2.75, 3.05) is 0 Å². The minimum Gasteiger partial charge on any atom is -0.543 e. The first-order valence-corrected chi connectivity index (χ1v) is 11.3. The van der Waals surface area contributed by atoms with Gasteiger partial charge in [-0.15, -0.1) is 0 Å². The third kappa shape index (κ3) is 2.56. The maximum absolute atomic E-state index is 12.7. The molecule has 5 unspecified atom stereocenters. The lowest BCUT2D eigenvalue weighted by molar-refractivity contribution is -0.301. The highest BCUT2D eigenvalue weighted by atomic mass is 16.5. The van der Waals surface area contributed by atoms with Crippen LogP contribution in [0.1, 0.15) is 37.3 Å². The highest BCUT2D eigenvalue weighted by Gasteiger charge is 2.61. The van der Waals surface area contributed by atoms with Gasteiger partial charge in [0.2, 0.25) is 5.91 Å². The van der Waals surface area contributed by atoms with E-state index >= 15 is 0 Å². The molecular formula is C26H24NO5-. The quantitative estimate of drug-likeness (QED) is 0.640. The molecule has 2 heterocycles. The van der Waals surface area contributed by atoms with Crippen molar-refractivity contribution in [2.24, 2.45) is 11.8 Å². The van der Waals surface area contributed by atoms with Gasteiger partial charge in [0.15, 0.2) is 0 Å². The van der Waals surface area contributed by atoms with Gasteiger partial charge in [0.05, 0.1) is 29.7 Å². The van der Waals surface area contributed by atoms with E-state index in [0.29, 0.717) is 12.0 Å². The van der Waals surface area contributed by atoms with E-state index < -0.39 is 24.1 Å². The standard InChI is InChI=1S/C26H25NO5/c1-13(28)20-23-17-9-5-11-19(22(17)24(26(30)31)27(23)25(20)29)32-18-10-4-7-15-12-14-6-2-3-8-16(14)21(15)18/h2-4,6-8,10,13,17,19-20,23,28H,5,9,11-12H2,1H3,(H,30,31)/p-1. The molecule has 6 nitrogen and oxygen atoms in total. The van der Waals surface area contributed by atoms with Gasteiger partial charge in [-0.1, -0.05) is 36.4 Å². The lowest BCUT2D eigenvalue weighted by Crippen LogP contribution is -2.64. The Morgan fingerprint density at radius 1 is 1.16 bits per heavy atom. The Morgan fingerprint density at radius 2 is 1.94 bits per heavy atom. The van der Waals surface area contributed by atoms with Gasteiger partial charge >= 0.3 is 0 Å². The molecule has 6 rings (SSSR count). The van der Waals surface area contributed by atoms with Crippen molar-refractivity contribution in [3.63, 3.8) is 0 Å². The molecule has 1 amide bonds. The largest absolute Gasteiger partial charge is 0.543 e. The van der Waals surface area contributed by atoms with E-state index in [1.807, 2.05) is 24.3 Å². The Kier molecular flexibility index (Phi) is 4.24. The number of carboxylic acid groups (broad SMARTS) is 1. The molecule has 0 bridgehead atoms. The number of β-lactam (4-membered cyclic amide) rings is 1. The monoisotopic (exact) mass is 430 g/mol. The van der Waals surface area contributed by atoms with Crippen LogP contribution in [0.4, 0.5) is 0 Å². The molecule has 0 spiro atoms. The molecule has 0 radical (unpaired) electrons. The number of aliphatic hydroxyl groups excluding tert-OH is 1. The van der Waals surface area contributed by atoms with Gasteiger partial charge in [-0.3, -0.25) is 4.79 Å². The number of carbonyl (C=O) groups excluding carboxylic acids is 2. The number of aliphatic carboxylic acids is 1. The fourth-order valence-corrected chi connectivity index (χ4v) is 6.35. The molecule has 5 atom stereocenters. The van der Waals surface area contributed by atoms with Gasteiger partial charge in [-0.25, -0.2) is 0 Å². The van der Waals surface area contributed by atoms with Crippen LogP contribution >= 0.6 is 0 Å². The summed E-state index contributed by atoms with van der Waals surface area (Å²) < 4.78 is 6.56. The maximum atomic E-state index is 12.7. The van der Waals surface area contributed by atoms with Crippen molar-refractivity contribution in [1.82, 2.24) is 4.90 Å². The van der Waals surface area contributed by atoms with E-state index in [4.69, 9.17) is 4.74 Å². The predicted molar refractivity (Wildman–Crippen MR) is 114 cm³/mol. The smallest absolute Gasteiger partial charge is 0.235 e. The molecule has 4 aliphatic rings. The van der Waals surface area contributed by atoms with Crippen LogP contribution in [-0.2, 0) is 16.0 Å². The average Bonchev–Trinajstić information content (AvgIpc) is 3.28. The zero-order valence-electron chi connectivity index (χ0n) is 17.8. The molecule has 2 fully saturated rings. The molecule has 2 aliphatic heterocycles. The lowest BCUT2D eigenvalue weighted by atomic mass is 9.71. The fraction of sp³-hybridized carbons (Fsp3) is 0.385. The lowest BCUT2D eigenvalue weighted by Gasteiger charge is -2.48. The SMILES string of the molecule is CC(O)C1C(=O)N2C(C(=O)[O-])=C3C(Oc4cccc5c4-c4ccccc4C5)CCCC3C12. The fourth-order valence-electron chi connectivity index (χ4n) is 6.35. The Labute approximate surface area is 186 Å². The van der Waals surface area contributed by atoms with E-state index in [1.165, 1.54) is 16.0 Å². The summed E-state index contributed by atoms with van der Waals surface area (Å²) in [5.41, 5.74) is 5.29. The Morgan fingerprint density at radius 3 is 2.72 bits per heavy atom. The number of rotatable bonds is 4. The molecule has 0 aromatic heterocycles. The van der Waals surface area contributed by atoms with Crippen molar-refractivity contribution in [3.05, 3.63) is 64.9 Å². The van der Waals surface area contributed by atoms with E-state index in [9.17, 15) is 19.8 Å². The van der Waals surface area contributed by atoms with Crippen molar-refractivity contribution in [1.29, 1.82) is 0 Å². The van der Waals surface area contributed by atoms with Gasteiger partial charge in [0.25, 0.3) is 0 Å². The first-order chi connectivity index (χ1) is 15.5. The van der Waals surface area contributed by atoms with Gasteiger partial charge < -0.3 is 24.6 Å². The molecule has 32 heavy (non-hydrogen) atoms. The summed E-state index contributed by atoms with van der Waals surface area (Å²) in [6, 6.07) is 14.0. The number of benzene rings is 2. The molecule has 6 heteroatoms. The molecule has 1 saturated heterocycles. The first kappa shape index (κ1) is 19.6. The Balaban J connectivity index is 1.41. The number of ether oxygens (including phenoxy) is 1. The van der Waals surface area contributed by atoms with Crippen molar-refractivity contribution in [2.45, 2.75) is 50.9 Å². The maximum Gasteiger partial charge on any atom is 0.235 e. The van der Waals surface area contributed by atoms with Crippen molar-refractivity contribution < 1.29 is 24.5 Å². The summed E-state index contributed by atoms with van der Waals surface area (Å²) in [5.74, 6) is -1.62. The number of nitrogens with zero attached hydrogens (tertiary/aromatic N) is 1. The van der Waals surface area contributed by atoms with Crippen LogP contribution in [-0.4, -0.2) is 40.1 Å². The zero-order chi connectivity index (χ0) is 22.1. The summed E-state index contributed by atoms with van der Waals surface area (Å²) in [5, 5.41) is 22.3. The molecule has 1 saturated carbocycles. The minimum absolute atomic E-state index is 0.0421. The van der Waals surface area contributed by atoms with Crippen LogP contribution in [0.25, 0.3) is 11.1 Å². The van der Waals surface area contributed by atoms with Gasteiger partial charge in [0.1, 0.15) is 11.9 Å². The van der Waals surface area contributed by atoms with Crippen LogP contribution in [0.2, 0.25) is 0 Å². The summed E-state index contributed by atoms with van der Waals surface area (Å²) >= 11 is 0. The van der Waals surface area contributed by atoms with Crippen molar-refractivity contribution in [3.8, 4) is 16.9 Å². The summed E-state index contributed by atoms with van der Waals surface area (Å²) in [7, 11) is 0. The Hall–Kier alpha value is -3.12. The summed E-state index contributed by atoms with van der Waals surface area (Å²) in [6.45, 7) is 1.60. The number of carbonyl (C=O) groups is 2. The molecular weight excluding hydrogens is 406 g/mol. The third-order valence-electron chi connectivity index (χ3n) is 7.61. The highest BCUT2D eigenvalue weighted by molar-refractivity contribution is 5.99. The first-order valence-electron chi connectivity index (χ1n) is 11.3. The number of amides is 1. The van der Waals surface area contributed by atoms with Crippen LogP contribution in [0.15, 0.2) is 53.7 Å². The van der Waals surface area contributed by atoms with E-state index in [1.54, 1.807) is 6.92 Å². The second kappa shape index (κ2) is 6.94. The number of hydrogen-bond acceptors (Lipinski definition) is 5. The number of fused-ring (bicyclic) bond motifs is 6. The van der Waals surface area contributed by atoms with Gasteiger partial charge in [0, 0.05) is 17.1 Å². The second-order valence-electron chi connectivity index (χ2n) is 9.32. The molecule has 2 aromatic carbocycles. The van der Waals surface area contributed by atoms with Crippen LogP contribution in [0.3, 0.4) is 0 Å². The summed E-state index contributed by atoms with van der Waals surface area (Å²) in [6.07, 6.45) is 1.93. The Bertz CT molecular complexity index is 1180. The highest BCUT2D eigenvalue weighted by Crippen LogP contribution is 2.53. The zero-order valence-corrected chi connectivity index (χ0v) is 17.8. The van der Waals surface area contributed by atoms with Gasteiger partial charge in [-0.05, 0) is 55.4 Å². The minimum atomic E-state index is -1.34.